The molecule has 1 aliphatic rings. The Morgan fingerprint density at radius 1 is 0.963 bits per heavy atom. The second kappa shape index (κ2) is 9.86. The third-order valence-corrected chi connectivity index (χ3v) is 4.98. The SMILES string of the molecule is O=C(N[C@H](Cc1ccccc1)C(=O)N1CCCCCCC1)c1cccnc1. The zero-order valence-corrected chi connectivity index (χ0v) is 15.6. The molecule has 1 aliphatic heterocycles. The molecule has 142 valence electrons. The summed E-state index contributed by atoms with van der Waals surface area (Å²) in [5.74, 6) is -0.248. The van der Waals surface area contributed by atoms with E-state index in [1.807, 2.05) is 35.2 Å². The molecule has 1 aromatic carbocycles. The minimum Gasteiger partial charge on any atom is -0.341 e. The van der Waals surface area contributed by atoms with Crippen molar-refractivity contribution in [3.05, 3.63) is 66.0 Å². The Morgan fingerprint density at radius 3 is 2.33 bits per heavy atom. The third-order valence-electron chi connectivity index (χ3n) is 4.98. The standard InChI is InChI=1S/C22H27N3O2/c26-21(19-12-9-13-23-17-19)24-20(16-18-10-5-4-6-11-18)22(27)25-14-7-2-1-3-8-15-25/h4-6,9-13,17,20H,1-3,7-8,14-16H2,(H,24,26)/t20-/m1/s1. The van der Waals surface area contributed by atoms with E-state index in [4.69, 9.17) is 0 Å². The Labute approximate surface area is 160 Å². The molecule has 0 aliphatic carbocycles. The molecule has 0 bridgehead atoms. The van der Waals surface area contributed by atoms with Crippen molar-refractivity contribution in [2.45, 2.75) is 44.6 Å². The summed E-state index contributed by atoms with van der Waals surface area (Å²) in [7, 11) is 0. The van der Waals surface area contributed by atoms with Crippen LogP contribution in [0.25, 0.3) is 0 Å². The van der Waals surface area contributed by atoms with Crippen molar-refractivity contribution in [1.29, 1.82) is 0 Å². The van der Waals surface area contributed by atoms with Crippen molar-refractivity contribution in [2.24, 2.45) is 0 Å². The zero-order valence-electron chi connectivity index (χ0n) is 15.6. The van der Waals surface area contributed by atoms with Gasteiger partial charge in [-0.1, -0.05) is 49.6 Å². The second-order valence-corrected chi connectivity index (χ2v) is 7.05. The predicted molar refractivity (Wildman–Crippen MR) is 105 cm³/mol. The van der Waals surface area contributed by atoms with Crippen LogP contribution >= 0.6 is 0 Å². The van der Waals surface area contributed by atoms with E-state index in [1.54, 1.807) is 18.3 Å². The molecule has 0 saturated carbocycles. The molecule has 3 rings (SSSR count). The number of nitrogens with one attached hydrogen (secondary N) is 1. The van der Waals surface area contributed by atoms with Crippen LogP contribution < -0.4 is 5.32 Å². The van der Waals surface area contributed by atoms with Gasteiger partial charge in [-0.15, -0.1) is 0 Å². The number of hydrogen-bond donors (Lipinski definition) is 1. The number of carbonyl (C=O) groups is 2. The highest BCUT2D eigenvalue weighted by molar-refractivity contribution is 5.97. The summed E-state index contributed by atoms with van der Waals surface area (Å²) in [5.41, 5.74) is 1.51. The van der Waals surface area contributed by atoms with Crippen LogP contribution in [0.2, 0.25) is 0 Å². The molecule has 0 radical (unpaired) electrons. The van der Waals surface area contributed by atoms with Crippen molar-refractivity contribution in [3.8, 4) is 0 Å². The van der Waals surface area contributed by atoms with Gasteiger partial charge in [0, 0.05) is 31.9 Å². The molecule has 1 atom stereocenters. The first kappa shape index (κ1) is 19.1. The fraction of sp³-hybridized carbons (Fsp3) is 0.409. The van der Waals surface area contributed by atoms with Crippen LogP contribution in [0.3, 0.4) is 0 Å². The van der Waals surface area contributed by atoms with Crippen LogP contribution in [0.1, 0.15) is 48.0 Å². The molecule has 1 fully saturated rings. The Hall–Kier alpha value is -2.69. The lowest BCUT2D eigenvalue weighted by atomic mass is 10.0. The minimum absolute atomic E-state index is 0.0120. The second-order valence-electron chi connectivity index (χ2n) is 7.05. The van der Waals surface area contributed by atoms with Crippen LogP contribution in [0.4, 0.5) is 0 Å². The van der Waals surface area contributed by atoms with E-state index in [0.29, 0.717) is 12.0 Å². The van der Waals surface area contributed by atoms with Gasteiger partial charge in [-0.05, 0) is 30.5 Å². The molecular formula is C22H27N3O2. The number of carbonyl (C=O) groups excluding carboxylic acids is 2. The summed E-state index contributed by atoms with van der Waals surface area (Å²) in [4.78, 5) is 31.8. The van der Waals surface area contributed by atoms with E-state index < -0.39 is 6.04 Å². The summed E-state index contributed by atoms with van der Waals surface area (Å²) < 4.78 is 0. The molecule has 1 saturated heterocycles. The number of benzene rings is 1. The summed E-state index contributed by atoms with van der Waals surface area (Å²) in [5, 5.41) is 2.94. The van der Waals surface area contributed by atoms with Crippen molar-refractivity contribution in [2.75, 3.05) is 13.1 Å². The van der Waals surface area contributed by atoms with Crippen LogP contribution in [-0.2, 0) is 11.2 Å². The number of amides is 2. The van der Waals surface area contributed by atoms with Crippen molar-refractivity contribution >= 4 is 11.8 Å². The summed E-state index contributed by atoms with van der Waals surface area (Å²) in [6, 6.07) is 12.7. The zero-order chi connectivity index (χ0) is 18.9. The largest absolute Gasteiger partial charge is 0.341 e. The molecular weight excluding hydrogens is 338 g/mol. The molecule has 5 nitrogen and oxygen atoms in total. The Kier molecular flexibility index (Phi) is 6.97. The average molecular weight is 365 g/mol. The van der Waals surface area contributed by atoms with Crippen LogP contribution in [0, 0.1) is 0 Å². The summed E-state index contributed by atoms with van der Waals surface area (Å²) in [6.07, 6.45) is 9.26. The highest BCUT2D eigenvalue weighted by atomic mass is 16.2. The Morgan fingerprint density at radius 2 is 1.67 bits per heavy atom. The lowest BCUT2D eigenvalue weighted by molar-refractivity contribution is -0.133. The van der Waals surface area contributed by atoms with E-state index in [2.05, 4.69) is 10.3 Å². The lowest BCUT2D eigenvalue weighted by Crippen LogP contribution is -2.50. The van der Waals surface area contributed by atoms with Gasteiger partial charge in [-0.3, -0.25) is 14.6 Å². The molecule has 5 heteroatoms. The monoisotopic (exact) mass is 365 g/mol. The van der Waals surface area contributed by atoms with Gasteiger partial charge in [0.1, 0.15) is 6.04 Å². The first-order chi connectivity index (χ1) is 13.2. The van der Waals surface area contributed by atoms with Gasteiger partial charge in [-0.25, -0.2) is 0 Å². The van der Waals surface area contributed by atoms with Gasteiger partial charge in [-0.2, -0.15) is 0 Å². The number of likely N-dealkylation sites (tertiary alicyclic amines) is 1. The number of hydrogen-bond acceptors (Lipinski definition) is 3. The van der Waals surface area contributed by atoms with Gasteiger partial charge in [0.15, 0.2) is 0 Å². The maximum absolute atomic E-state index is 13.2. The van der Waals surface area contributed by atoms with Crippen molar-refractivity contribution < 1.29 is 9.59 Å². The first-order valence-electron chi connectivity index (χ1n) is 9.77. The topological polar surface area (TPSA) is 62.3 Å². The van der Waals surface area contributed by atoms with E-state index >= 15 is 0 Å². The number of nitrogens with zero attached hydrogens (tertiary/aromatic N) is 2. The summed E-state index contributed by atoms with van der Waals surface area (Å²) in [6.45, 7) is 1.54. The quantitative estimate of drug-likeness (QED) is 0.885. The molecule has 2 aromatic rings. The van der Waals surface area contributed by atoms with Crippen LogP contribution in [0.15, 0.2) is 54.9 Å². The van der Waals surface area contributed by atoms with Gasteiger partial charge in [0.05, 0.1) is 5.56 Å². The Bertz CT molecular complexity index is 726. The highest BCUT2D eigenvalue weighted by Crippen LogP contribution is 2.14. The maximum Gasteiger partial charge on any atom is 0.253 e. The lowest BCUT2D eigenvalue weighted by Gasteiger charge is -2.29. The van der Waals surface area contributed by atoms with E-state index in [-0.39, 0.29) is 11.8 Å². The fourth-order valence-electron chi connectivity index (χ4n) is 3.48. The smallest absolute Gasteiger partial charge is 0.253 e. The van der Waals surface area contributed by atoms with E-state index in [0.717, 1.165) is 44.3 Å². The Balaban J connectivity index is 1.75. The number of pyridine rings is 1. The molecule has 27 heavy (non-hydrogen) atoms. The molecule has 2 amide bonds. The van der Waals surface area contributed by atoms with Gasteiger partial charge < -0.3 is 10.2 Å². The normalized spacial score (nSPS) is 16.1. The number of rotatable bonds is 5. The minimum atomic E-state index is -0.570. The molecule has 1 aromatic heterocycles. The van der Waals surface area contributed by atoms with E-state index in [1.165, 1.54) is 12.6 Å². The van der Waals surface area contributed by atoms with E-state index in [9.17, 15) is 9.59 Å². The third kappa shape index (κ3) is 5.64. The predicted octanol–water partition coefficient (Wildman–Crippen LogP) is 3.22. The molecule has 0 unspecified atom stereocenters. The van der Waals surface area contributed by atoms with Gasteiger partial charge in [0.25, 0.3) is 5.91 Å². The highest BCUT2D eigenvalue weighted by Gasteiger charge is 2.26. The van der Waals surface area contributed by atoms with Gasteiger partial charge in [0.2, 0.25) is 5.91 Å². The maximum atomic E-state index is 13.2. The summed E-state index contributed by atoms with van der Waals surface area (Å²) >= 11 is 0. The molecule has 0 spiro atoms. The molecule has 1 N–H and O–H groups in total. The van der Waals surface area contributed by atoms with Crippen molar-refractivity contribution in [3.63, 3.8) is 0 Å². The number of aromatic nitrogens is 1. The van der Waals surface area contributed by atoms with Crippen molar-refractivity contribution in [1.82, 2.24) is 15.2 Å². The average Bonchev–Trinajstić information content (AvgIpc) is 2.68. The fourth-order valence-corrected chi connectivity index (χ4v) is 3.48. The van der Waals surface area contributed by atoms with Crippen LogP contribution in [0.5, 0.6) is 0 Å². The van der Waals surface area contributed by atoms with Crippen LogP contribution in [-0.4, -0.2) is 40.8 Å². The molecule has 2 heterocycles. The first-order valence-corrected chi connectivity index (χ1v) is 9.77. The van der Waals surface area contributed by atoms with Gasteiger partial charge >= 0.3 is 0 Å².